The maximum Gasteiger partial charge on any atom is 0.409 e. The molecule has 0 aliphatic carbocycles. The summed E-state index contributed by atoms with van der Waals surface area (Å²) in [6, 6.07) is 10.3. The number of hydrogen-bond acceptors (Lipinski definition) is 7. The molecule has 2 heterocycles. The van der Waals surface area contributed by atoms with Crippen LogP contribution in [0.25, 0.3) is 0 Å². The number of thioether (sulfide) groups is 2. The van der Waals surface area contributed by atoms with Crippen LogP contribution in [0.1, 0.15) is 45.4 Å². The zero-order valence-corrected chi connectivity index (χ0v) is 26.4. The van der Waals surface area contributed by atoms with Gasteiger partial charge in [0.15, 0.2) is 0 Å². The Labute approximate surface area is 254 Å². The van der Waals surface area contributed by atoms with E-state index in [0.29, 0.717) is 33.7 Å². The number of nitrogens with one attached hydrogen (secondary N) is 1. The number of benzene rings is 2. The number of carbonyl (C=O) groups excluding carboxylic acids is 1. The van der Waals surface area contributed by atoms with Gasteiger partial charge in [0.05, 0.1) is 16.7 Å². The van der Waals surface area contributed by atoms with E-state index in [1.165, 1.54) is 19.3 Å². The molecule has 38 heavy (non-hydrogen) atoms. The first-order valence-electron chi connectivity index (χ1n) is 12.8. The Morgan fingerprint density at radius 3 is 2.08 bits per heavy atom. The summed E-state index contributed by atoms with van der Waals surface area (Å²) in [6.45, 7) is 5.91. The first kappa shape index (κ1) is 33.2. The van der Waals surface area contributed by atoms with E-state index in [2.05, 4.69) is 5.32 Å². The number of aromatic hydroxyl groups is 2. The van der Waals surface area contributed by atoms with E-state index in [4.69, 9.17) is 27.9 Å². The zero-order valence-electron chi connectivity index (χ0n) is 21.5. The molecule has 0 bridgehead atoms. The number of carbonyl (C=O) groups is 1. The van der Waals surface area contributed by atoms with Gasteiger partial charge in [-0.15, -0.1) is 40.5 Å². The molecule has 2 unspecified atom stereocenters. The molecule has 2 aliphatic rings. The van der Waals surface area contributed by atoms with Gasteiger partial charge in [0.25, 0.3) is 0 Å². The molecule has 6 nitrogen and oxygen atoms in total. The van der Waals surface area contributed by atoms with Crippen LogP contribution in [-0.4, -0.2) is 64.5 Å². The van der Waals surface area contributed by atoms with E-state index in [9.17, 15) is 15.0 Å². The minimum Gasteiger partial charge on any atom is -0.508 e. The van der Waals surface area contributed by atoms with Gasteiger partial charge in [-0.3, -0.25) is 0 Å². The zero-order chi connectivity index (χ0) is 26.6. The summed E-state index contributed by atoms with van der Waals surface area (Å²) < 4.78 is 5.05. The average Bonchev–Trinajstić information content (AvgIpc) is 3.26. The summed E-state index contributed by atoms with van der Waals surface area (Å²) in [5, 5.41) is 24.4. The fourth-order valence-corrected chi connectivity index (χ4v) is 7.22. The van der Waals surface area contributed by atoms with E-state index < -0.39 is 0 Å². The van der Waals surface area contributed by atoms with Crippen molar-refractivity contribution >= 4 is 69.8 Å². The molecule has 0 spiro atoms. The Bertz CT molecular complexity index is 1010. The second kappa shape index (κ2) is 17.7. The molecule has 4 rings (SSSR count). The van der Waals surface area contributed by atoms with Crippen LogP contribution in [0, 0.1) is 0 Å². The highest BCUT2D eigenvalue weighted by Crippen LogP contribution is 2.37. The molecule has 3 N–H and O–H groups in total. The highest BCUT2D eigenvalue weighted by Gasteiger charge is 2.22. The minimum absolute atomic E-state index is 0. The van der Waals surface area contributed by atoms with Crippen molar-refractivity contribution in [3.63, 3.8) is 0 Å². The summed E-state index contributed by atoms with van der Waals surface area (Å²) in [4.78, 5) is 15.6. The van der Waals surface area contributed by atoms with Crippen molar-refractivity contribution in [2.45, 2.75) is 65.7 Å². The summed E-state index contributed by atoms with van der Waals surface area (Å²) in [5.74, 6) is 0.413. The number of likely N-dealkylation sites (tertiary alicyclic amines) is 1. The lowest BCUT2D eigenvalue weighted by molar-refractivity contribution is 0.108. The summed E-state index contributed by atoms with van der Waals surface area (Å²) in [6.07, 6.45) is 6.35. The van der Waals surface area contributed by atoms with E-state index in [1.54, 1.807) is 40.9 Å². The van der Waals surface area contributed by atoms with Crippen LogP contribution >= 0.6 is 63.7 Å². The number of halogens is 3. The topological polar surface area (TPSA) is 82.0 Å². The third kappa shape index (κ3) is 11.3. The largest absolute Gasteiger partial charge is 0.508 e. The second-order valence-corrected chi connectivity index (χ2v) is 12.5. The Balaban J connectivity index is 0.000000269. The van der Waals surface area contributed by atoms with Gasteiger partial charge < -0.3 is 25.2 Å². The maximum atomic E-state index is 11.8. The lowest BCUT2D eigenvalue weighted by atomic mass is 10.2. The Morgan fingerprint density at radius 2 is 1.50 bits per heavy atom. The third-order valence-corrected chi connectivity index (χ3v) is 9.82. The van der Waals surface area contributed by atoms with Crippen molar-refractivity contribution in [1.82, 2.24) is 10.2 Å². The number of ether oxygens (including phenoxy) is 1. The van der Waals surface area contributed by atoms with E-state index in [1.807, 2.05) is 30.8 Å². The van der Waals surface area contributed by atoms with Crippen molar-refractivity contribution in [2.75, 3.05) is 32.8 Å². The minimum atomic E-state index is -0.217. The van der Waals surface area contributed by atoms with Crippen LogP contribution in [0.5, 0.6) is 11.5 Å². The van der Waals surface area contributed by atoms with Gasteiger partial charge in [-0.05, 0) is 94.9 Å². The van der Waals surface area contributed by atoms with Crippen molar-refractivity contribution in [3.8, 4) is 11.5 Å². The Kier molecular flexibility index (Phi) is 15.5. The number of nitrogens with zero attached hydrogens (tertiary/aromatic N) is 1. The smallest absolute Gasteiger partial charge is 0.409 e. The number of amides is 1. The molecule has 2 atom stereocenters. The van der Waals surface area contributed by atoms with Crippen molar-refractivity contribution in [1.29, 1.82) is 0 Å². The van der Waals surface area contributed by atoms with Crippen LogP contribution < -0.4 is 5.32 Å². The molecule has 2 fully saturated rings. The van der Waals surface area contributed by atoms with Gasteiger partial charge in [0.2, 0.25) is 0 Å². The average molecular weight is 669 g/mol. The number of hydrogen-bond donors (Lipinski definition) is 3. The normalized spacial score (nSPS) is 19.7. The fourth-order valence-electron chi connectivity index (χ4n) is 4.22. The van der Waals surface area contributed by atoms with Crippen LogP contribution in [0.3, 0.4) is 0 Å². The Hall–Kier alpha value is -0.970. The predicted octanol–water partition coefficient (Wildman–Crippen LogP) is 8.01. The SMILES string of the molecule is Br.CCOC(=O)N1CCCC(Sc2ccc(O)cc2Cl)CC1.Oc1ccc(SC2CCCNCC2)c(Cl)c1. The first-order valence-corrected chi connectivity index (χ1v) is 15.3. The van der Waals surface area contributed by atoms with Crippen LogP contribution in [0.4, 0.5) is 4.79 Å². The lowest BCUT2D eigenvalue weighted by Crippen LogP contribution is -2.32. The van der Waals surface area contributed by atoms with Crippen molar-refractivity contribution in [2.24, 2.45) is 0 Å². The number of rotatable bonds is 5. The van der Waals surface area contributed by atoms with E-state index in [0.717, 1.165) is 48.7 Å². The fraction of sp³-hybridized carbons (Fsp3) is 0.519. The molecule has 11 heteroatoms. The van der Waals surface area contributed by atoms with Gasteiger partial charge in [-0.25, -0.2) is 4.79 Å². The monoisotopic (exact) mass is 666 g/mol. The lowest BCUT2D eigenvalue weighted by Gasteiger charge is -2.19. The molecule has 0 aromatic heterocycles. The van der Waals surface area contributed by atoms with Crippen molar-refractivity contribution < 1.29 is 19.7 Å². The van der Waals surface area contributed by atoms with Crippen molar-refractivity contribution in [3.05, 3.63) is 46.4 Å². The van der Waals surface area contributed by atoms with E-state index in [-0.39, 0.29) is 34.6 Å². The standard InChI is InChI=1S/C15H20ClNO3S.C12H16ClNOS.BrH/c1-2-20-15(19)17-8-3-4-12(7-9-17)21-14-6-5-11(18)10-13(14)16;13-11-8-9(15)3-4-12(11)16-10-2-1-6-14-7-5-10;/h5-6,10,12,18H,2-4,7-9H2,1H3;3-4,8,10,14-15H,1-2,5-7H2;1H. The molecule has 0 saturated carbocycles. The van der Waals surface area contributed by atoms with Gasteiger partial charge in [0.1, 0.15) is 11.5 Å². The van der Waals surface area contributed by atoms with Gasteiger partial charge >= 0.3 is 6.09 Å². The molecule has 2 aliphatic heterocycles. The third-order valence-electron chi connectivity index (χ3n) is 6.14. The highest BCUT2D eigenvalue weighted by atomic mass is 79.9. The molecule has 2 saturated heterocycles. The maximum absolute atomic E-state index is 11.8. The van der Waals surface area contributed by atoms with Gasteiger partial charge in [0, 0.05) is 33.4 Å². The first-order chi connectivity index (χ1) is 17.9. The molecule has 2 aromatic carbocycles. The quantitative estimate of drug-likeness (QED) is 0.298. The van der Waals surface area contributed by atoms with Gasteiger partial charge in [-0.1, -0.05) is 23.2 Å². The summed E-state index contributed by atoms with van der Waals surface area (Å²) >= 11 is 15.8. The molecular formula is C27H37BrCl2N2O4S2. The molecule has 1 amide bonds. The molecule has 2 aromatic rings. The van der Waals surface area contributed by atoms with E-state index >= 15 is 0 Å². The Morgan fingerprint density at radius 1 is 0.921 bits per heavy atom. The van der Waals surface area contributed by atoms with Gasteiger partial charge in [-0.2, -0.15) is 0 Å². The second-order valence-electron chi connectivity index (χ2n) is 9.01. The predicted molar refractivity (Wildman–Crippen MR) is 165 cm³/mol. The summed E-state index contributed by atoms with van der Waals surface area (Å²) in [5.41, 5.74) is 0. The highest BCUT2D eigenvalue weighted by molar-refractivity contribution is 8.93. The number of phenolic OH excluding ortho intramolecular Hbond substituents is 2. The van der Waals surface area contributed by atoms with Crippen LogP contribution in [0.15, 0.2) is 46.2 Å². The molecule has 212 valence electrons. The molecular weight excluding hydrogens is 631 g/mol. The number of phenols is 2. The molecule has 0 radical (unpaired) electrons. The van der Waals surface area contributed by atoms with Crippen LogP contribution in [0.2, 0.25) is 10.0 Å². The summed E-state index contributed by atoms with van der Waals surface area (Å²) in [7, 11) is 0. The van der Waals surface area contributed by atoms with Crippen LogP contribution in [-0.2, 0) is 4.74 Å².